The fraction of sp³-hybridized carbons (Fsp3) is 0.600. The molecule has 0 amide bonds. The fourth-order valence-electron chi connectivity index (χ4n) is 2.05. The first kappa shape index (κ1) is 9.24. The molecule has 14 heavy (non-hydrogen) atoms. The number of Topliss-reactive ketones (excluding diaryl/α,β-unsaturated/α-hetero) is 1. The van der Waals surface area contributed by atoms with E-state index in [1.807, 2.05) is 0 Å². The first-order chi connectivity index (χ1) is 6.70. The van der Waals surface area contributed by atoms with E-state index in [0.29, 0.717) is 17.4 Å². The first-order valence-corrected chi connectivity index (χ1v) is 4.96. The van der Waals surface area contributed by atoms with Crippen molar-refractivity contribution < 1.29 is 9.32 Å². The van der Waals surface area contributed by atoms with Crippen LogP contribution in [-0.2, 0) is 0 Å². The minimum absolute atomic E-state index is 0.129. The Morgan fingerprint density at radius 3 is 2.64 bits per heavy atom. The zero-order chi connectivity index (χ0) is 10.1. The predicted octanol–water partition coefficient (Wildman–Crippen LogP) is 2.12. The molecule has 4 nitrogen and oxygen atoms in total. The lowest BCUT2D eigenvalue weighted by Crippen LogP contribution is -2.01. The summed E-state index contributed by atoms with van der Waals surface area (Å²) in [6.45, 7) is 1.45. The van der Waals surface area contributed by atoms with Crippen molar-refractivity contribution in [1.29, 1.82) is 0 Å². The van der Waals surface area contributed by atoms with Gasteiger partial charge in [-0.3, -0.25) is 4.79 Å². The van der Waals surface area contributed by atoms with Gasteiger partial charge in [0.05, 0.1) is 0 Å². The van der Waals surface area contributed by atoms with Crippen LogP contribution in [0, 0.1) is 0 Å². The van der Waals surface area contributed by atoms with E-state index in [9.17, 15) is 4.79 Å². The highest BCUT2D eigenvalue weighted by molar-refractivity contribution is 5.97. The van der Waals surface area contributed by atoms with E-state index in [1.165, 1.54) is 19.8 Å². The third kappa shape index (κ3) is 1.41. The van der Waals surface area contributed by atoms with Gasteiger partial charge in [0, 0.05) is 12.8 Å². The lowest BCUT2D eigenvalue weighted by Gasteiger charge is -2.03. The van der Waals surface area contributed by atoms with Crippen molar-refractivity contribution in [3.63, 3.8) is 0 Å². The Morgan fingerprint density at radius 2 is 2.14 bits per heavy atom. The number of ketones is 1. The van der Waals surface area contributed by atoms with Gasteiger partial charge in [-0.15, -0.1) is 0 Å². The summed E-state index contributed by atoms with van der Waals surface area (Å²) in [4.78, 5) is 11.1. The molecule has 0 aliphatic heterocycles. The van der Waals surface area contributed by atoms with Crippen molar-refractivity contribution in [2.75, 3.05) is 5.73 Å². The van der Waals surface area contributed by atoms with Gasteiger partial charge in [0.15, 0.2) is 17.2 Å². The molecule has 0 unspecified atom stereocenters. The highest BCUT2D eigenvalue weighted by Gasteiger charge is 2.26. The molecule has 0 aromatic carbocycles. The summed E-state index contributed by atoms with van der Waals surface area (Å²) in [5.74, 6) is 0.957. The number of rotatable bonds is 2. The van der Waals surface area contributed by atoms with Gasteiger partial charge in [0.1, 0.15) is 5.69 Å². The molecule has 76 valence electrons. The van der Waals surface area contributed by atoms with Gasteiger partial charge in [-0.25, -0.2) is 0 Å². The summed E-state index contributed by atoms with van der Waals surface area (Å²) in [7, 11) is 0. The second-order valence-electron chi connectivity index (χ2n) is 3.85. The van der Waals surface area contributed by atoms with Crippen LogP contribution in [0.3, 0.4) is 0 Å². The molecule has 1 aliphatic carbocycles. The van der Waals surface area contributed by atoms with Gasteiger partial charge in [0.2, 0.25) is 0 Å². The summed E-state index contributed by atoms with van der Waals surface area (Å²) < 4.78 is 5.14. The number of carbonyl (C=O) groups excluding carboxylic acids is 1. The number of hydrogen-bond acceptors (Lipinski definition) is 4. The maximum absolute atomic E-state index is 11.1. The Kier molecular flexibility index (Phi) is 2.27. The lowest BCUT2D eigenvalue weighted by molar-refractivity contribution is 0.100. The predicted molar refractivity (Wildman–Crippen MR) is 52.1 cm³/mol. The maximum Gasteiger partial charge on any atom is 0.183 e. The molecule has 1 saturated carbocycles. The number of aromatic nitrogens is 1. The molecule has 4 heteroatoms. The van der Waals surface area contributed by atoms with E-state index in [-0.39, 0.29) is 11.5 Å². The quantitative estimate of drug-likeness (QED) is 0.732. The minimum atomic E-state index is -0.129. The molecule has 2 rings (SSSR count). The molecular formula is C10H14N2O2. The topological polar surface area (TPSA) is 69.1 Å². The smallest absolute Gasteiger partial charge is 0.183 e. The zero-order valence-corrected chi connectivity index (χ0v) is 8.25. The molecule has 1 aliphatic rings. The molecule has 0 spiro atoms. The van der Waals surface area contributed by atoms with Gasteiger partial charge in [0.25, 0.3) is 0 Å². The molecule has 1 fully saturated rings. The second kappa shape index (κ2) is 3.44. The number of hydrogen-bond donors (Lipinski definition) is 1. The van der Waals surface area contributed by atoms with Crippen LogP contribution < -0.4 is 5.73 Å². The lowest BCUT2D eigenvalue weighted by atomic mass is 10.0. The average Bonchev–Trinajstić information content (AvgIpc) is 2.71. The van der Waals surface area contributed by atoms with E-state index >= 15 is 0 Å². The molecule has 1 heterocycles. The van der Waals surface area contributed by atoms with Crippen LogP contribution in [0.2, 0.25) is 0 Å². The summed E-state index contributed by atoms with van der Waals surface area (Å²) in [5.41, 5.74) is 6.54. The number of nitrogens with zero attached hydrogens (tertiary/aromatic N) is 1. The van der Waals surface area contributed by atoms with Crippen LogP contribution in [0.1, 0.15) is 54.8 Å². The highest BCUT2D eigenvalue weighted by Crippen LogP contribution is 2.37. The van der Waals surface area contributed by atoms with Crippen molar-refractivity contribution in [1.82, 2.24) is 5.16 Å². The Morgan fingerprint density at radius 1 is 1.50 bits per heavy atom. The van der Waals surface area contributed by atoms with Crippen molar-refractivity contribution in [3.8, 4) is 0 Å². The highest BCUT2D eigenvalue weighted by atomic mass is 16.5. The number of carbonyl (C=O) groups is 1. The largest absolute Gasteiger partial charge is 0.394 e. The van der Waals surface area contributed by atoms with Crippen molar-refractivity contribution in [2.45, 2.75) is 38.5 Å². The van der Waals surface area contributed by atoms with Crippen LogP contribution in [-0.4, -0.2) is 10.9 Å². The average molecular weight is 194 g/mol. The Labute approximate surface area is 82.4 Å². The number of anilines is 1. The SMILES string of the molecule is CC(=O)c1noc(C2CCCC2)c1N. The van der Waals surface area contributed by atoms with E-state index in [2.05, 4.69) is 5.16 Å². The third-order valence-electron chi connectivity index (χ3n) is 2.82. The monoisotopic (exact) mass is 194 g/mol. The zero-order valence-electron chi connectivity index (χ0n) is 8.25. The number of nitrogens with two attached hydrogens (primary N) is 1. The Hall–Kier alpha value is -1.32. The van der Waals surface area contributed by atoms with Crippen LogP contribution in [0.5, 0.6) is 0 Å². The van der Waals surface area contributed by atoms with Gasteiger partial charge < -0.3 is 10.3 Å². The summed E-state index contributed by atoms with van der Waals surface area (Å²) in [6.07, 6.45) is 4.61. The van der Waals surface area contributed by atoms with Gasteiger partial charge in [-0.2, -0.15) is 0 Å². The molecular weight excluding hydrogens is 180 g/mol. The van der Waals surface area contributed by atoms with Gasteiger partial charge in [-0.05, 0) is 12.8 Å². The van der Waals surface area contributed by atoms with Crippen LogP contribution in [0.4, 0.5) is 5.69 Å². The molecule has 2 N–H and O–H groups in total. The van der Waals surface area contributed by atoms with E-state index < -0.39 is 0 Å². The van der Waals surface area contributed by atoms with Crippen molar-refractivity contribution >= 4 is 11.5 Å². The standard InChI is InChI=1S/C10H14N2O2/c1-6(13)9-8(11)10(14-12-9)7-4-2-3-5-7/h7H,2-5,11H2,1H3. The van der Waals surface area contributed by atoms with Crippen LogP contribution in [0.15, 0.2) is 4.52 Å². The van der Waals surface area contributed by atoms with Gasteiger partial charge >= 0.3 is 0 Å². The molecule has 0 radical (unpaired) electrons. The van der Waals surface area contributed by atoms with Gasteiger partial charge in [-0.1, -0.05) is 18.0 Å². The van der Waals surface area contributed by atoms with E-state index in [4.69, 9.17) is 10.3 Å². The molecule has 0 saturated heterocycles. The Balaban J connectivity index is 2.30. The molecule has 1 aromatic rings. The first-order valence-electron chi connectivity index (χ1n) is 4.96. The summed E-state index contributed by atoms with van der Waals surface area (Å²) in [6, 6.07) is 0. The molecule has 0 bridgehead atoms. The molecule has 1 aromatic heterocycles. The maximum atomic E-state index is 11.1. The molecule has 0 atom stereocenters. The Bertz CT molecular complexity index is 351. The third-order valence-corrected chi connectivity index (χ3v) is 2.82. The van der Waals surface area contributed by atoms with Crippen LogP contribution >= 0.6 is 0 Å². The number of nitrogen functional groups attached to an aromatic ring is 1. The fourth-order valence-corrected chi connectivity index (χ4v) is 2.05. The van der Waals surface area contributed by atoms with Crippen LogP contribution in [0.25, 0.3) is 0 Å². The normalized spacial score (nSPS) is 17.5. The second-order valence-corrected chi connectivity index (χ2v) is 3.85. The summed E-state index contributed by atoms with van der Waals surface area (Å²) in [5, 5.41) is 3.71. The van der Waals surface area contributed by atoms with Crippen molar-refractivity contribution in [3.05, 3.63) is 11.5 Å². The van der Waals surface area contributed by atoms with E-state index in [0.717, 1.165) is 12.8 Å². The van der Waals surface area contributed by atoms with E-state index in [1.54, 1.807) is 0 Å². The van der Waals surface area contributed by atoms with Crippen molar-refractivity contribution in [2.24, 2.45) is 0 Å². The minimum Gasteiger partial charge on any atom is -0.394 e. The summed E-state index contributed by atoms with van der Waals surface area (Å²) >= 11 is 0.